The number of carbonyl (C=O) groups excluding carboxylic acids is 1. The van der Waals surface area contributed by atoms with Gasteiger partial charge in [-0.3, -0.25) is 4.79 Å². The molecule has 0 radical (unpaired) electrons. The third kappa shape index (κ3) is 8.09. The van der Waals surface area contributed by atoms with Crippen LogP contribution >= 0.6 is 0 Å². The topological polar surface area (TPSA) is 68.3 Å². The summed E-state index contributed by atoms with van der Waals surface area (Å²) in [6, 6.07) is 7.94. The van der Waals surface area contributed by atoms with Crippen LogP contribution in [0.3, 0.4) is 0 Å². The molecule has 1 aromatic rings. The Morgan fingerprint density at radius 1 is 1.12 bits per heavy atom. The number of allylic oxidation sites excluding steroid dienone is 4. The van der Waals surface area contributed by atoms with Crippen LogP contribution in [0, 0.1) is 11.8 Å². The third-order valence-corrected chi connectivity index (χ3v) is 6.63. The molecule has 0 bridgehead atoms. The summed E-state index contributed by atoms with van der Waals surface area (Å²) in [7, 11) is 1.67. The second-order valence-corrected chi connectivity index (χ2v) is 9.18. The Balaban J connectivity index is 1.27. The molecule has 3 rings (SSSR count). The standard InChI is InChI=1S/C28H40O5/c1-3-4-8-12-25-28(33-25)27(30)26-22(15-18-24(26)29)11-9-6-5-7-10-19-32-20-21-13-16-23(31-2)17-14-21/h6,9,13-18,22,25-28,30H,3-5,7-8,10-12,19-20H2,1-2H3/b9-6-/t22-,25+,26+,27?,28-/m0/s1. The van der Waals surface area contributed by atoms with E-state index >= 15 is 0 Å². The Labute approximate surface area is 198 Å². The van der Waals surface area contributed by atoms with Gasteiger partial charge in [0, 0.05) is 6.61 Å². The monoisotopic (exact) mass is 456 g/mol. The normalized spacial score (nSPS) is 25.1. The van der Waals surface area contributed by atoms with Gasteiger partial charge < -0.3 is 19.3 Å². The smallest absolute Gasteiger partial charge is 0.161 e. The second-order valence-electron chi connectivity index (χ2n) is 9.18. The van der Waals surface area contributed by atoms with E-state index in [4.69, 9.17) is 14.2 Å². The molecule has 5 heteroatoms. The summed E-state index contributed by atoms with van der Waals surface area (Å²) in [5, 5.41) is 10.8. The zero-order chi connectivity index (χ0) is 23.5. The molecule has 0 aromatic heterocycles. The third-order valence-electron chi connectivity index (χ3n) is 6.63. The molecule has 0 spiro atoms. The minimum absolute atomic E-state index is 0.0396. The summed E-state index contributed by atoms with van der Waals surface area (Å²) in [5.74, 6) is 0.605. The predicted octanol–water partition coefficient (Wildman–Crippen LogP) is 5.41. The predicted molar refractivity (Wildman–Crippen MR) is 130 cm³/mol. The van der Waals surface area contributed by atoms with Crippen molar-refractivity contribution in [3.05, 3.63) is 54.1 Å². The van der Waals surface area contributed by atoms with Gasteiger partial charge >= 0.3 is 0 Å². The van der Waals surface area contributed by atoms with Gasteiger partial charge in [-0.15, -0.1) is 0 Å². The molecule has 182 valence electrons. The number of benzene rings is 1. The molecule has 33 heavy (non-hydrogen) atoms. The quantitative estimate of drug-likeness (QED) is 0.205. The van der Waals surface area contributed by atoms with Crippen molar-refractivity contribution in [2.75, 3.05) is 13.7 Å². The van der Waals surface area contributed by atoms with E-state index in [1.165, 1.54) is 12.8 Å². The lowest BCUT2D eigenvalue weighted by molar-refractivity contribution is -0.122. The van der Waals surface area contributed by atoms with Crippen LogP contribution in [0.5, 0.6) is 5.75 Å². The van der Waals surface area contributed by atoms with Gasteiger partial charge in [-0.05, 0) is 61.8 Å². The number of epoxide rings is 1. The maximum Gasteiger partial charge on any atom is 0.161 e. The summed E-state index contributed by atoms with van der Waals surface area (Å²) in [6.45, 7) is 3.55. The Kier molecular flexibility index (Phi) is 10.6. The number of carbonyl (C=O) groups is 1. The maximum absolute atomic E-state index is 12.3. The van der Waals surface area contributed by atoms with Crippen LogP contribution in [0.2, 0.25) is 0 Å². The number of rotatable bonds is 16. The first-order valence-corrected chi connectivity index (χ1v) is 12.5. The van der Waals surface area contributed by atoms with Crippen molar-refractivity contribution in [1.82, 2.24) is 0 Å². The second kappa shape index (κ2) is 13.7. The fourth-order valence-corrected chi connectivity index (χ4v) is 4.55. The van der Waals surface area contributed by atoms with Crippen molar-refractivity contribution in [2.24, 2.45) is 11.8 Å². The van der Waals surface area contributed by atoms with Crippen LogP contribution in [0.1, 0.15) is 63.9 Å². The Morgan fingerprint density at radius 3 is 2.70 bits per heavy atom. The lowest BCUT2D eigenvalue weighted by Gasteiger charge is -2.21. The number of unbranched alkanes of at least 4 members (excludes halogenated alkanes) is 4. The van der Waals surface area contributed by atoms with E-state index in [2.05, 4.69) is 19.1 Å². The molecular formula is C28H40O5. The summed E-state index contributed by atoms with van der Waals surface area (Å²) in [4.78, 5) is 12.3. The molecule has 5 atom stereocenters. The van der Waals surface area contributed by atoms with E-state index < -0.39 is 6.10 Å². The van der Waals surface area contributed by atoms with Crippen molar-refractivity contribution in [2.45, 2.75) is 83.2 Å². The fraction of sp³-hybridized carbons (Fsp3) is 0.607. The highest BCUT2D eigenvalue weighted by Crippen LogP contribution is 2.38. The molecule has 1 heterocycles. The van der Waals surface area contributed by atoms with E-state index in [9.17, 15) is 9.90 Å². The van der Waals surface area contributed by atoms with Crippen LogP contribution < -0.4 is 4.74 Å². The minimum atomic E-state index is -0.694. The molecule has 5 nitrogen and oxygen atoms in total. The van der Waals surface area contributed by atoms with E-state index in [1.54, 1.807) is 13.2 Å². The van der Waals surface area contributed by atoms with Crippen molar-refractivity contribution in [3.8, 4) is 5.75 Å². The fourth-order valence-electron chi connectivity index (χ4n) is 4.55. The maximum atomic E-state index is 12.3. The molecule has 2 aliphatic rings. The Bertz CT molecular complexity index is 769. The van der Waals surface area contributed by atoms with E-state index in [-0.39, 0.29) is 29.8 Å². The average Bonchev–Trinajstić information content (AvgIpc) is 3.51. The van der Waals surface area contributed by atoms with Gasteiger partial charge in [-0.1, -0.05) is 56.5 Å². The number of aliphatic hydroxyl groups is 1. The van der Waals surface area contributed by atoms with Gasteiger partial charge in [0.1, 0.15) is 11.9 Å². The van der Waals surface area contributed by atoms with Crippen LogP contribution in [0.25, 0.3) is 0 Å². The highest BCUT2D eigenvalue weighted by molar-refractivity contribution is 5.95. The number of ether oxygens (including phenoxy) is 3. The van der Waals surface area contributed by atoms with Crippen LogP contribution in [-0.2, 0) is 20.9 Å². The molecular weight excluding hydrogens is 416 g/mol. The van der Waals surface area contributed by atoms with Crippen LogP contribution in [0.15, 0.2) is 48.6 Å². The number of hydrogen-bond donors (Lipinski definition) is 1. The first-order valence-electron chi connectivity index (χ1n) is 12.5. The molecule has 1 fully saturated rings. The number of ketones is 1. The van der Waals surface area contributed by atoms with Crippen molar-refractivity contribution < 1.29 is 24.1 Å². The number of aliphatic hydroxyl groups excluding tert-OH is 1. The molecule has 0 saturated carbocycles. The lowest BCUT2D eigenvalue weighted by atomic mass is 9.84. The first-order chi connectivity index (χ1) is 16.1. The first kappa shape index (κ1) is 25.7. The van der Waals surface area contributed by atoms with Gasteiger partial charge in [-0.2, -0.15) is 0 Å². The molecule has 1 unspecified atom stereocenters. The van der Waals surface area contributed by atoms with Crippen LogP contribution in [-0.4, -0.2) is 42.9 Å². The molecule has 1 N–H and O–H groups in total. The van der Waals surface area contributed by atoms with Gasteiger partial charge in [0.05, 0.1) is 31.8 Å². The zero-order valence-electron chi connectivity index (χ0n) is 20.2. The SMILES string of the molecule is CCCCC[C@H]1O[C@@H]1C(O)[C@H]1C(=O)C=C[C@@H]1C/C=C\CCCCOCc1ccc(OC)cc1. The van der Waals surface area contributed by atoms with E-state index in [1.807, 2.05) is 30.3 Å². The summed E-state index contributed by atoms with van der Waals surface area (Å²) >= 11 is 0. The highest BCUT2D eigenvalue weighted by Gasteiger charge is 2.50. The number of methoxy groups -OCH3 is 1. The van der Waals surface area contributed by atoms with Gasteiger partial charge in [0.2, 0.25) is 0 Å². The minimum Gasteiger partial charge on any atom is -0.497 e. The summed E-state index contributed by atoms with van der Waals surface area (Å²) in [5.41, 5.74) is 1.15. The molecule has 1 aliphatic carbocycles. The number of hydrogen-bond acceptors (Lipinski definition) is 5. The van der Waals surface area contributed by atoms with Gasteiger partial charge in [0.25, 0.3) is 0 Å². The van der Waals surface area contributed by atoms with E-state index in [0.717, 1.165) is 56.4 Å². The Morgan fingerprint density at radius 2 is 1.94 bits per heavy atom. The van der Waals surface area contributed by atoms with Gasteiger partial charge in [-0.25, -0.2) is 0 Å². The molecule has 0 amide bonds. The lowest BCUT2D eigenvalue weighted by Crippen LogP contribution is -2.34. The largest absolute Gasteiger partial charge is 0.497 e. The van der Waals surface area contributed by atoms with Gasteiger partial charge in [0.15, 0.2) is 5.78 Å². The van der Waals surface area contributed by atoms with E-state index in [0.29, 0.717) is 6.61 Å². The summed E-state index contributed by atoms with van der Waals surface area (Å²) < 4.78 is 16.6. The van der Waals surface area contributed by atoms with Crippen molar-refractivity contribution >= 4 is 5.78 Å². The molecule has 1 saturated heterocycles. The molecule has 1 aromatic carbocycles. The van der Waals surface area contributed by atoms with Crippen molar-refractivity contribution in [1.29, 1.82) is 0 Å². The van der Waals surface area contributed by atoms with Crippen molar-refractivity contribution in [3.63, 3.8) is 0 Å². The summed E-state index contributed by atoms with van der Waals surface area (Å²) in [6.07, 6.45) is 15.5. The highest BCUT2D eigenvalue weighted by atomic mass is 16.6. The Hall–Kier alpha value is -1.95. The molecule has 1 aliphatic heterocycles. The average molecular weight is 457 g/mol. The van der Waals surface area contributed by atoms with Crippen LogP contribution in [0.4, 0.5) is 0 Å². The zero-order valence-corrected chi connectivity index (χ0v) is 20.2.